The predicted molar refractivity (Wildman–Crippen MR) is 114 cm³/mol. The Hall–Kier alpha value is -3.04. The van der Waals surface area contributed by atoms with E-state index in [0.717, 1.165) is 11.1 Å². The maximum absolute atomic E-state index is 13.5. The van der Waals surface area contributed by atoms with Crippen molar-refractivity contribution in [2.24, 2.45) is 0 Å². The molecule has 146 valence electrons. The Kier molecular flexibility index (Phi) is 6.73. The smallest absolute Gasteiger partial charge is 0.155 e. The highest BCUT2D eigenvalue weighted by molar-refractivity contribution is 6.30. The minimum Gasteiger partial charge on any atom is -0.303 e. The molecule has 3 nitrogen and oxygen atoms in total. The van der Waals surface area contributed by atoms with Crippen LogP contribution in [0, 0.1) is 0 Å². The van der Waals surface area contributed by atoms with Crippen molar-refractivity contribution in [3.63, 3.8) is 0 Å². The second-order valence-corrected chi connectivity index (χ2v) is 7.39. The van der Waals surface area contributed by atoms with E-state index < -0.39 is 5.41 Å². The molecule has 1 unspecified atom stereocenters. The minimum absolute atomic E-state index is 0.0421. The fourth-order valence-corrected chi connectivity index (χ4v) is 3.67. The van der Waals surface area contributed by atoms with Gasteiger partial charge in [-0.25, -0.2) is 0 Å². The van der Waals surface area contributed by atoms with E-state index in [1.807, 2.05) is 36.4 Å². The number of aldehydes is 1. The van der Waals surface area contributed by atoms with E-state index in [4.69, 9.17) is 11.6 Å². The van der Waals surface area contributed by atoms with Gasteiger partial charge in [0.05, 0.1) is 0 Å². The molecule has 3 aromatic carbocycles. The van der Waals surface area contributed by atoms with E-state index in [-0.39, 0.29) is 30.8 Å². The van der Waals surface area contributed by atoms with Crippen LogP contribution in [0.5, 0.6) is 0 Å². The number of Topliss-reactive ketones (excluding diaryl/α,β-unsaturated/α-hetero) is 2. The molecule has 0 aromatic heterocycles. The van der Waals surface area contributed by atoms with Crippen LogP contribution in [0.4, 0.5) is 0 Å². The zero-order chi connectivity index (χ0) is 20.7. The molecule has 3 aromatic rings. The van der Waals surface area contributed by atoms with Gasteiger partial charge >= 0.3 is 0 Å². The quantitative estimate of drug-likeness (QED) is 0.380. The molecule has 0 heterocycles. The van der Waals surface area contributed by atoms with Gasteiger partial charge in [0.15, 0.2) is 11.6 Å². The summed E-state index contributed by atoms with van der Waals surface area (Å²) >= 11 is 5.94. The topological polar surface area (TPSA) is 51.2 Å². The van der Waals surface area contributed by atoms with Crippen LogP contribution in [-0.2, 0) is 32.6 Å². The van der Waals surface area contributed by atoms with Gasteiger partial charge in [0.2, 0.25) is 0 Å². The summed E-state index contributed by atoms with van der Waals surface area (Å²) in [7, 11) is 0. The summed E-state index contributed by atoms with van der Waals surface area (Å²) in [4.78, 5) is 38.7. The molecule has 1 atom stereocenters. The number of carbonyl (C=O) groups is 3. The third kappa shape index (κ3) is 4.69. The number of carbonyl (C=O) groups excluding carboxylic acids is 3. The molecule has 0 saturated heterocycles. The van der Waals surface area contributed by atoms with Gasteiger partial charge in [0.1, 0.15) is 11.7 Å². The van der Waals surface area contributed by atoms with Crippen LogP contribution in [0.1, 0.15) is 23.1 Å². The van der Waals surface area contributed by atoms with Crippen LogP contribution in [-0.4, -0.2) is 17.9 Å². The average Bonchev–Trinajstić information content (AvgIpc) is 2.75. The Balaban J connectivity index is 2.03. The lowest BCUT2D eigenvalue weighted by Crippen LogP contribution is -2.46. The lowest BCUT2D eigenvalue weighted by molar-refractivity contribution is -0.136. The van der Waals surface area contributed by atoms with Crippen molar-refractivity contribution in [2.75, 3.05) is 0 Å². The Morgan fingerprint density at radius 1 is 0.724 bits per heavy atom. The van der Waals surface area contributed by atoms with Crippen molar-refractivity contribution in [2.45, 2.75) is 24.7 Å². The highest BCUT2D eigenvalue weighted by Crippen LogP contribution is 2.33. The van der Waals surface area contributed by atoms with E-state index in [9.17, 15) is 14.4 Å². The molecule has 0 N–H and O–H groups in total. The van der Waals surface area contributed by atoms with Gasteiger partial charge in [-0.2, -0.15) is 0 Å². The summed E-state index contributed by atoms with van der Waals surface area (Å²) in [5.41, 5.74) is 0.589. The molecule has 0 spiro atoms. The van der Waals surface area contributed by atoms with Gasteiger partial charge in [-0.1, -0.05) is 84.4 Å². The van der Waals surface area contributed by atoms with E-state index in [0.29, 0.717) is 16.9 Å². The molecule has 0 aliphatic rings. The van der Waals surface area contributed by atoms with Crippen molar-refractivity contribution >= 4 is 29.5 Å². The van der Waals surface area contributed by atoms with Gasteiger partial charge in [-0.05, 0) is 28.8 Å². The van der Waals surface area contributed by atoms with Crippen LogP contribution in [0.3, 0.4) is 0 Å². The van der Waals surface area contributed by atoms with Crippen molar-refractivity contribution in [3.8, 4) is 0 Å². The number of rotatable bonds is 9. The Morgan fingerprint density at radius 3 is 1.72 bits per heavy atom. The second-order valence-electron chi connectivity index (χ2n) is 6.95. The average molecular weight is 405 g/mol. The predicted octanol–water partition coefficient (Wildman–Crippen LogP) is 4.79. The Morgan fingerprint density at radius 2 is 1.21 bits per heavy atom. The maximum Gasteiger partial charge on any atom is 0.155 e. The van der Waals surface area contributed by atoms with E-state index >= 15 is 0 Å². The first-order valence-electron chi connectivity index (χ1n) is 9.40. The van der Waals surface area contributed by atoms with E-state index in [2.05, 4.69) is 0 Å². The molecule has 0 aliphatic heterocycles. The molecule has 0 saturated carbocycles. The number of ketones is 2. The Labute approximate surface area is 175 Å². The summed E-state index contributed by atoms with van der Waals surface area (Å²) in [5.74, 6) is -0.569. The second kappa shape index (κ2) is 9.44. The zero-order valence-electron chi connectivity index (χ0n) is 15.9. The van der Waals surface area contributed by atoms with Gasteiger partial charge in [-0.3, -0.25) is 9.59 Å². The SMILES string of the molecule is O=CCC(C(=O)Cc1ccccc1)(C(=O)Cc1ccc(Cl)cc1)c1ccccc1. The van der Waals surface area contributed by atoms with Crippen molar-refractivity contribution in [1.82, 2.24) is 0 Å². The van der Waals surface area contributed by atoms with Gasteiger partial charge < -0.3 is 4.79 Å². The fraction of sp³-hybridized carbons (Fsp3) is 0.160. The third-order valence-electron chi connectivity index (χ3n) is 5.09. The van der Waals surface area contributed by atoms with Crippen LogP contribution in [0.15, 0.2) is 84.9 Å². The van der Waals surface area contributed by atoms with Crippen LogP contribution < -0.4 is 0 Å². The normalized spacial score (nSPS) is 12.7. The molecule has 4 heteroatoms. The number of halogens is 1. The van der Waals surface area contributed by atoms with E-state index in [1.54, 1.807) is 48.5 Å². The van der Waals surface area contributed by atoms with Crippen molar-refractivity contribution in [3.05, 3.63) is 107 Å². The fourth-order valence-electron chi connectivity index (χ4n) is 3.54. The van der Waals surface area contributed by atoms with Gasteiger partial charge in [0.25, 0.3) is 0 Å². The highest BCUT2D eigenvalue weighted by Gasteiger charge is 2.45. The van der Waals surface area contributed by atoms with E-state index in [1.165, 1.54) is 0 Å². The molecule has 0 aliphatic carbocycles. The summed E-state index contributed by atoms with van der Waals surface area (Å²) in [6.45, 7) is 0. The lowest BCUT2D eigenvalue weighted by atomic mass is 9.68. The molecular weight excluding hydrogens is 384 g/mol. The minimum atomic E-state index is -1.52. The molecule has 0 amide bonds. The monoisotopic (exact) mass is 404 g/mol. The van der Waals surface area contributed by atoms with Crippen molar-refractivity contribution in [1.29, 1.82) is 0 Å². The number of hydrogen-bond acceptors (Lipinski definition) is 3. The molecule has 0 bridgehead atoms. The first-order valence-corrected chi connectivity index (χ1v) is 9.78. The lowest BCUT2D eigenvalue weighted by Gasteiger charge is -2.30. The molecular formula is C25H21ClO3. The van der Waals surface area contributed by atoms with Crippen molar-refractivity contribution < 1.29 is 14.4 Å². The third-order valence-corrected chi connectivity index (χ3v) is 5.35. The molecule has 0 radical (unpaired) electrons. The standard InChI is InChI=1S/C25H21ClO3/c26-22-13-11-20(12-14-22)18-24(29)25(15-16-27,21-9-5-2-6-10-21)23(28)17-19-7-3-1-4-8-19/h1-14,16H,15,17-18H2. The molecule has 3 rings (SSSR count). The number of benzene rings is 3. The van der Waals surface area contributed by atoms with Gasteiger partial charge in [-0.15, -0.1) is 0 Å². The largest absolute Gasteiger partial charge is 0.303 e. The van der Waals surface area contributed by atoms with Crippen LogP contribution in [0.25, 0.3) is 0 Å². The molecule has 29 heavy (non-hydrogen) atoms. The highest BCUT2D eigenvalue weighted by atomic mass is 35.5. The maximum atomic E-state index is 13.5. The first-order chi connectivity index (χ1) is 14.1. The van der Waals surface area contributed by atoms with Crippen LogP contribution in [0.2, 0.25) is 5.02 Å². The van der Waals surface area contributed by atoms with Crippen LogP contribution >= 0.6 is 11.6 Å². The summed E-state index contributed by atoms with van der Waals surface area (Å²) in [6.07, 6.45) is 0.598. The Bertz CT molecular complexity index is 982. The number of hydrogen-bond donors (Lipinski definition) is 0. The summed E-state index contributed by atoms with van der Waals surface area (Å²) in [6, 6.07) is 25.1. The summed E-state index contributed by atoms with van der Waals surface area (Å²) in [5, 5.41) is 0.573. The first kappa shape index (κ1) is 20.7. The summed E-state index contributed by atoms with van der Waals surface area (Å²) < 4.78 is 0. The van der Waals surface area contributed by atoms with Gasteiger partial charge in [0, 0.05) is 24.3 Å². The zero-order valence-corrected chi connectivity index (χ0v) is 16.6. The molecule has 0 fully saturated rings.